The zero-order valence-electron chi connectivity index (χ0n) is 9.44. The maximum atomic E-state index is 6.11. The second-order valence-corrected chi connectivity index (χ2v) is 5.76. The van der Waals surface area contributed by atoms with Gasteiger partial charge in [-0.25, -0.2) is 0 Å². The molecule has 2 N–H and O–H groups in total. The quantitative estimate of drug-likeness (QED) is 0.892. The molecule has 1 saturated carbocycles. The third-order valence-corrected chi connectivity index (χ3v) is 4.04. The van der Waals surface area contributed by atoms with Gasteiger partial charge >= 0.3 is 0 Å². The fourth-order valence-electron chi connectivity index (χ4n) is 2.05. The van der Waals surface area contributed by atoms with Crippen LogP contribution in [0.5, 0.6) is 0 Å². The van der Waals surface area contributed by atoms with Crippen LogP contribution in [0.4, 0.5) is 0 Å². The summed E-state index contributed by atoms with van der Waals surface area (Å²) in [5.41, 5.74) is 10.4. The summed E-state index contributed by atoms with van der Waals surface area (Å²) in [4.78, 5) is 0. The Hall–Kier alpha value is -0.340. The predicted octanol–water partition coefficient (Wildman–Crippen LogP) is 3.49. The lowest BCUT2D eigenvalue weighted by Gasteiger charge is -2.13. The molecule has 0 aromatic heterocycles. The van der Waals surface area contributed by atoms with Crippen LogP contribution < -0.4 is 5.73 Å². The molecule has 0 spiro atoms. The number of benzene rings is 1. The van der Waals surface area contributed by atoms with Crippen LogP contribution >= 0.6 is 15.9 Å². The van der Waals surface area contributed by atoms with Crippen molar-refractivity contribution >= 4 is 15.9 Å². The standard InChI is InChI=1S/C13H18BrN/c1-9-7-10(2)11(12(14)8-9)3-4-13(15)5-6-13/h7-8H,3-6,15H2,1-2H3. The zero-order valence-corrected chi connectivity index (χ0v) is 11.0. The predicted molar refractivity (Wildman–Crippen MR) is 68.1 cm³/mol. The summed E-state index contributed by atoms with van der Waals surface area (Å²) in [6, 6.07) is 4.44. The van der Waals surface area contributed by atoms with Crippen LogP contribution in [0, 0.1) is 13.8 Å². The minimum Gasteiger partial charge on any atom is -0.325 e. The molecule has 0 atom stereocenters. The van der Waals surface area contributed by atoms with Gasteiger partial charge in [-0.2, -0.15) is 0 Å². The van der Waals surface area contributed by atoms with Gasteiger partial charge in [0.05, 0.1) is 0 Å². The van der Waals surface area contributed by atoms with E-state index in [1.54, 1.807) is 0 Å². The minimum absolute atomic E-state index is 0.163. The highest BCUT2D eigenvalue weighted by molar-refractivity contribution is 9.10. The van der Waals surface area contributed by atoms with Gasteiger partial charge in [-0.1, -0.05) is 22.0 Å². The molecule has 0 amide bonds. The summed E-state index contributed by atoms with van der Waals surface area (Å²) in [5, 5.41) is 0. The number of hydrogen-bond donors (Lipinski definition) is 1. The highest BCUT2D eigenvalue weighted by Gasteiger charge is 2.37. The number of rotatable bonds is 3. The molecule has 0 aliphatic heterocycles. The summed E-state index contributed by atoms with van der Waals surface area (Å²) in [6.07, 6.45) is 4.63. The summed E-state index contributed by atoms with van der Waals surface area (Å²) < 4.78 is 1.24. The van der Waals surface area contributed by atoms with E-state index in [1.807, 2.05) is 0 Å². The van der Waals surface area contributed by atoms with Gasteiger partial charge in [0.1, 0.15) is 0 Å². The summed E-state index contributed by atoms with van der Waals surface area (Å²) >= 11 is 3.65. The Morgan fingerprint density at radius 2 is 2.00 bits per heavy atom. The summed E-state index contributed by atoms with van der Waals surface area (Å²) in [5.74, 6) is 0. The molecule has 82 valence electrons. The molecule has 1 aliphatic carbocycles. The first-order valence-corrected chi connectivity index (χ1v) is 6.34. The lowest BCUT2D eigenvalue weighted by Crippen LogP contribution is -2.22. The van der Waals surface area contributed by atoms with Crippen molar-refractivity contribution in [1.82, 2.24) is 0 Å². The van der Waals surface area contributed by atoms with Crippen LogP contribution in [0.1, 0.15) is 36.0 Å². The van der Waals surface area contributed by atoms with E-state index < -0.39 is 0 Å². The van der Waals surface area contributed by atoms with Crippen LogP contribution in [0.15, 0.2) is 16.6 Å². The normalized spacial score (nSPS) is 17.9. The van der Waals surface area contributed by atoms with Crippen molar-refractivity contribution in [2.75, 3.05) is 0 Å². The molecular weight excluding hydrogens is 250 g/mol. The van der Waals surface area contributed by atoms with Crippen molar-refractivity contribution in [3.05, 3.63) is 33.3 Å². The van der Waals surface area contributed by atoms with Gasteiger partial charge in [-0.05, 0) is 62.3 Å². The van der Waals surface area contributed by atoms with Crippen LogP contribution in [0.25, 0.3) is 0 Å². The number of aryl methyl sites for hydroxylation is 2. The molecule has 1 aromatic rings. The van der Waals surface area contributed by atoms with Gasteiger partial charge in [0.25, 0.3) is 0 Å². The monoisotopic (exact) mass is 267 g/mol. The number of halogens is 1. The van der Waals surface area contributed by atoms with E-state index in [9.17, 15) is 0 Å². The molecule has 0 heterocycles. The average molecular weight is 268 g/mol. The second kappa shape index (κ2) is 3.91. The average Bonchev–Trinajstić information content (AvgIpc) is 2.82. The maximum Gasteiger partial charge on any atom is 0.0212 e. The Kier molecular flexibility index (Phi) is 2.91. The molecule has 0 radical (unpaired) electrons. The van der Waals surface area contributed by atoms with Crippen molar-refractivity contribution in [3.63, 3.8) is 0 Å². The van der Waals surface area contributed by atoms with E-state index in [4.69, 9.17) is 5.73 Å². The lowest BCUT2D eigenvalue weighted by atomic mass is 9.99. The van der Waals surface area contributed by atoms with E-state index in [0.717, 1.165) is 12.8 Å². The first kappa shape index (κ1) is 11.2. The van der Waals surface area contributed by atoms with Gasteiger partial charge in [-0.15, -0.1) is 0 Å². The first-order valence-electron chi connectivity index (χ1n) is 5.55. The van der Waals surface area contributed by atoms with Crippen LogP contribution in [0.3, 0.4) is 0 Å². The highest BCUT2D eigenvalue weighted by Crippen LogP contribution is 2.37. The second-order valence-electron chi connectivity index (χ2n) is 4.90. The van der Waals surface area contributed by atoms with Crippen molar-refractivity contribution in [3.8, 4) is 0 Å². The molecule has 1 fully saturated rings. The van der Waals surface area contributed by atoms with Gasteiger partial charge in [0.2, 0.25) is 0 Å². The first-order chi connectivity index (χ1) is 7.00. The third kappa shape index (κ3) is 2.61. The van der Waals surface area contributed by atoms with Gasteiger partial charge in [0.15, 0.2) is 0 Å². The van der Waals surface area contributed by atoms with E-state index in [1.165, 1.54) is 34.0 Å². The molecule has 2 heteroatoms. The molecule has 1 nitrogen and oxygen atoms in total. The van der Waals surface area contributed by atoms with E-state index in [2.05, 4.69) is 41.9 Å². The van der Waals surface area contributed by atoms with Crippen LogP contribution in [-0.2, 0) is 6.42 Å². The summed E-state index contributed by atoms with van der Waals surface area (Å²) in [6.45, 7) is 4.32. The Bertz CT molecular complexity index is 357. The Balaban J connectivity index is 2.13. The largest absolute Gasteiger partial charge is 0.325 e. The van der Waals surface area contributed by atoms with Crippen molar-refractivity contribution < 1.29 is 0 Å². The Labute approximate surface area is 100 Å². The van der Waals surface area contributed by atoms with E-state index in [-0.39, 0.29) is 5.54 Å². The van der Waals surface area contributed by atoms with Gasteiger partial charge in [-0.3, -0.25) is 0 Å². The Morgan fingerprint density at radius 3 is 2.53 bits per heavy atom. The number of nitrogens with two attached hydrogens (primary N) is 1. The van der Waals surface area contributed by atoms with Gasteiger partial charge in [0, 0.05) is 10.0 Å². The maximum absolute atomic E-state index is 6.11. The molecule has 0 bridgehead atoms. The van der Waals surface area contributed by atoms with Crippen LogP contribution in [0.2, 0.25) is 0 Å². The molecular formula is C13H18BrN. The van der Waals surface area contributed by atoms with E-state index in [0.29, 0.717) is 0 Å². The lowest BCUT2D eigenvalue weighted by molar-refractivity contribution is 0.607. The fourth-order valence-corrected chi connectivity index (χ4v) is 2.92. The minimum atomic E-state index is 0.163. The zero-order chi connectivity index (χ0) is 11.1. The van der Waals surface area contributed by atoms with Crippen molar-refractivity contribution in [2.24, 2.45) is 5.73 Å². The molecule has 1 aliphatic rings. The molecule has 15 heavy (non-hydrogen) atoms. The van der Waals surface area contributed by atoms with E-state index >= 15 is 0 Å². The van der Waals surface area contributed by atoms with Crippen molar-refractivity contribution in [2.45, 2.75) is 45.1 Å². The third-order valence-electron chi connectivity index (χ3n) is 3.33. The van der Waals surface area contributed by atoms with Crippen LogP contribution in [-0.4, -0.2) is 5.54 Å². The number of hydrogen-bond acceptors (Lipinski definition) is 1. The van der Waals surface area contributed by atoms with Gasteiger partial charge < -0.3 is 5.73 Å². The SMILES string of the molecule is Cc1cc(C)c(CCC2(N)CC2)c(Br)c1. The molecule has 1 aromatic carbocycles. The van der Waals surface area contributed by atoms with Crippen molar-refractivity contribution in [1.29, 1.82) is 0 Å². The topological polar surface area (TPSA) is 26.0 Å². The fraction of sp³-hybridized carbons (Fsp3) is 0.538. The smallest absolute Gasteiger partial charge is 0.0212 e. The highest BCUT2D eigenvalue weighted by atomic mass is 79.9. The molecule has 0 unspecified atom stereocenters. The Morgan fingerprint density at radius 1 is 1.33 bits per heavy atom. The molecule has 0 saturated heterocycles. The summed E-state index contributed by atoms with van der Waals surface area (Å²) in [7, 11) is 0. The molecule has 2 rings (SSSR count).